The van der Waals surface area contributed by atoms with E-state index in [-0.39, 0.29) is 5.92 Å². The highest BCUT2D eigenvalue weighted by atomic mass is 16.7. The van der Waals surface area contributed by atoms with Crippen molar-refractivity contribution < 1.29 is 14.3 Å². The van der Waals surface area contributed by atoms with Crippen molar-refractivity contribution in [3.05, 3.63) is 11.5 Å². The van der Waals surface area contributed by atoms with Crippen molar-refractivity contribution in [2.24, 2.45) is 5.92 Å². The second kappa shape index (κ2) is 2.57. The molecule has 1 heterocycles. The fourth-order valence-electron chi connectivity index (χ4n) is 1.49. The number of carbonyl (C=O) groups excluding carboxylic acids is 1. The summed E-state index contributed by atoms with van der Waals surface area (Å²) < 4.78 is 10.4. The summed E-state index contributed by atoms with van der Waals surface area (Å²) in [5.41, 5.74) is 0. The van der Waals surface area contributed by atoms with Crippen LogP contribution in [0, 0.1) is 5.92 Å². The van der Waals surface area contributed by atoms with Gasteiger partial charge in [-0.3, -0.25) is 0 Å². The van der Waals surface area contributed by atoms with Gasteiger partial charge in [-0.2, -0.15) is 0 Å². The second-order valence-corrected chi connectivity index (χ2v) is 2.89. The molecule has 1 aliphatic carbocycles. The maximum atomic E-state index is 10.4. The fourth-order valence-corrected chi connectivity index (χ4v) is 1.49. The molecule has 0 aromatic heterocycles. The van der Waals surface area contributed by atoms with Gasteiger partial charge in [0.1, 0.15) is 17.8 Å². The lowest BCUT2D eigenvalue weighted by atomic mass is 9.93. The first kappa shape index (κ1) is 6.70. The Kier molecular flexibility index (Phi) is 1.56. The molecule has 11 heavy (non-hydrogen) atoms. The Morgan fingerprint density at radius 2 is 2.18 bits per heavy atom. The molecular formula is C8H10O3. The number of aldehydes is 1. The Morgan fingerprint density at radius 1 is 1.36 bits per heavy atom. The van der Waals surface area contributed by atoms with Gasteiger partial charge in [-0.25, -0.2) is 0 Å². The quantitative estimate of drug-likeness (QED) is 0.532. The third kappa shape index (κ3) is 1.11. The highest BCUT2D eigenvalue weighted by Crippen LogP contribution is 2.33. The maximum Gasteiger partial charge on any atom is 0.230 e. The zero-order valence-corrected chi connectivity index (χ0v) is 6.21. The van der Waals surface area contributed by atoms with Crippen molar-refractivity contribution in [1.82, 2.24) is 0 Å². The minimum atomic E-state index is 0.149. The summed E-state index contributed by atoms with van der Waals surface area (Å²) in [4.78, 5) is 10.4. The average molecular weight is 154 g/mol. The molecule has 0 radical (unpaired) electrons. The molecule has 0 saturated heterocycles. The first-order chi connectivity index (χ1) is 5.40. The van der Waals surface area contributed by atoms with Crippen LogP contribution < -0.4 is 0 Å². The Bertz CT molecular complexity index is 207. The van der Waals surface area contributed by atoms with Crippen molar-refractivity contribution in [2.75, 3.05) is 6.79 Å². The largest absolute Gasteiger partial charge is 0.458 e. The van der Waals surface area contributed by atoms with Gasteiger partial charge in [0.2, 0.25) is 6.79 Å². The normalized spacial score (nSPS) is 28.9. The summed E-state index contributed by atoms with van der Waals surface area (Å²) in [5.74, 6) is 2.01. The summed E-state index contributed by atoms with van der Waals surface area (Å²) >= 11 is 0. The van der Waals surface area contributed by atoms with Crippen LogP contribution >= 0.6 is 0 Å². The Morgan fingerprint density at radius 3 is 3.00 bits per heavy atom. The van der Waals surface area contributed by atoms with Gasteiger partial charge in [0.15, 0.2) is 0 Å². The van der Waals surface area contributed by atoms with E-state index in [1.165, 1.54) is 0 Å². The van der Waals surface area contributed by atoms with Crippen LogP contribution in [0.1, 0.15) is 19.3 Å². The summed E-state index contributed by atoms with van der Waals surface area (Å²) in [7, 11) is 0. The number of ether oxygens (including phenoxy) is 2. The van der Waals surface area contributed by atoms with Crippen LogP contribution in [0.5, 0.6) is 0 Å². The average Bonchev–Trinajstić information content (AvgIpc) is 2.50. The van der Waals surface area contributed by atoms with Gasteiger partial charge in [0.05, 0.1) is 0 Å². The second-order valence-electron chi connectivity index (χ2n) is 2.89. The third-order valence-electron chi connectivity index (χ3n) is 2.16. The topological polar surface area (TPSA) is 35.5 Å². The van der Waals surface area contributed by atoms with E-state index in [0.717, 1.165) is 37.1 Å². The van der Waals surface area contributed by atoms with Crippen LogP contribution in [0.15, 0.2) is 11.5 Å². The maximum absolute atomic E-state index is 10.4. The van der Waals surface area contributed by atoms with Gasteiger partial charge < -0.3 is 14.3 Å². The van der Waals surface area contributed by atoms with Gasteiger partial charge in [0, 0.05) is 18.8 Å². The van der Waals surface area contributed by atoms with Crippen molar-refractivity contribution in [2.45, 2.75) is 19.3 Å². The molecule has 1 aliphatic heterocycles. The van der Waals surface area contributed by atoms with Gasteiger partial charge in [-0.1, -0.05) is 0 Å². The lowest BCUT2D eigenvalue weighted by Crippen LogP contribution is -2.09. The lowest BCUT2D eigenvalue weighted by Gasteiger charge is -2.15. The highest BCUT2D eigenvalue weighted by molar-refractivity contribution is 5.54. The van der Waals surface area contributed by atoms with Gasteiger partial charge in [-0.05, 0) is 6.42 Å². The first-order valence-electron chi connectivity index (χ1n) is 3.83. The number of allylic oxidation sites excluding steroid dienone is 2. The van der Waals surface area contributed by atoms with Gasteiger partial charge >= 0.3 is 0 Å². The molecule has 0 spiro atoms. The molecule has 60 valence electrons. The van der Waals surface area contributed by atoms with Crippen LogP contribution in [-0.4, -0.2) is 13.1 Å². The predicted molar refractivity (Wildman–Crippen MR) is 37.5 cm³/mol. The SMILES string of the molecule is O=CC1CCC2=C(C1)OCO2. The van der Waals surface area contributed by atoms with Gasteiger partial charge in [0.25, 0.3) is 0 Å². The zero-order chi connectivity index (χ0) is 7.68. The predicted octanol–water partition coefficient (Wildman–Crippen LogP) is 1.20. The van der Waals surface area contributed by atoms with Crippen LogP contribution in [0.25, 0.3) is 0 Å². The van der Waals surface area contributed by atoms with Crippen molar-refractivity contribution >= 4 is 6.29 Å². The Hall–Kier alpha value is -0.990. The molecular weight excluding hydrogens is 144 g/mol. The third-order valence-corrected chi connectivity index (χ3v) is 2.16. The molecule has 2 aliphatic rings. The number of carbonyl (C=O) groups is 1. The molecule has 2 rings (SSSR count). The molecule has 0 aromatic rings. The Balaban J connectivity index is 2.10. The van der Waals surface area contributed by atoms with E-state index in [9.17, 15) is 4.79 Å². The highest BCUT2D eigenvalue weighted by Gasteiger charge is 2.26. The molecule has 0 N–H and O–H groups in total. The van der Waals surface area contributed by atoms with Crippen LogP contribution in [-0.2, 0) is 14.3 Å². The van der Waals surface area contributed by atoms with Crippen molar-refractivity contribution in [3.63, 3.8) is 0 Å². The van der Waals surface area contributed by atoms with E-state index >= 15 is 0 Å². The lowest BCUT2D eigenvalue weighted by molar-refractivity contribution is -0.111. The van der Waals surface area contributed by atoms with Crippen molar-refractivity contribution in [1.29, 1.82) is 0 Å². The minimum Gasteiger partial charge on any atom is -0.458 e. The van der Waals surface area contributed by atoms with E-state index in [0.29, 0.717) is 6.79 Å². The fraction of sp³-hybridized carbons (Fsp3) is 0.625. The molecule has 3 nitrogen and oxygen atoms in total. The molecule has 0 amide bonds. The molecule has 1 unspecified atom stereocenters. The summed E-state index contributed by atoms with van der Waals surface area (Å²) in [5, 5.41) is 0. The van der Waals surface area contributed by atoms with Gasteiger partial charge in [-0.15, -0.1) is 0 Å². The van der Waals surface area contributed by atoms with E-state index in [1.54, 1.807) is 0 Å². The molecule has 0 bridgehead atoms. The smallest absolute Gasteiger partial charge is 0.230 e. The monoisotopic (exact) mass is 154 g/mol. The summed E-state index contributed by atoms with van der Waals surface area (Å²) in [6.45, 7) is 0.343. The zero-order valence-electron chi connectivity index (χ0n) is 6.21. The molecule has 0 saturated carbocycles. The van der Waals surface area contributed by atoms with Crippen LogP contribution in [0.3, 0.4) is 0 Å². The number of rotatable bonds is 1. The molecule has 0 fully saturated rings. The van der Waals surface area contributed by atoms with E-state index in [1.807, 2.05) is 0 Å². The molecule has 0 aromatic carbocycles. The minimum absolute atomic E-state index is 0.149. The first-order valence-corrected chi connectivity index (χ1v) is 3.83. The Labute approximate surface area is 65.0 Å². The van der Waals surface area contributed by atoms with Crippen LogP contribution in [0.2, 0.25) is 0 Å². The standard InChI is InChI=1S/C8H10O3/c9-4-6-1-2-7-8(3-6)11-5-10-7/h4,6H,1-3,5H2. The summed E-state index contributed by atoms with van der Waals surface area (Å²) in [6, 6.07) is 0. The van der Waals surface area contributed by atoms with Crippen molar-refractivity contribution in [3.8, 4) is 0 Å². The van der Waals surface area contributed by atoms with E-state index in [4.69, 9.17) is 9.47 Å². The molecule has 1 atom stereocenters. The summed E-state index contributed by atoms with van der Waals surface area (Å²) in [6.07, 6.45) is 3.51. The van der Waals surface area contributed by atoms with E-state index in [2.05, 4.69) is 0 Å². The number of hydrogen-bond acceptors (Lipinski definition) is 3. The number of hydrogen-bond donors (Lipinski definition) is 0. The van der Waals surface area contributed by atoms with E-state index < -0.39 is 0 Å². The van der Waals surface area contributed by atoms with Crippen LogP contribution in [0.4, 0.5) is 0 Å². The molecule has 3 heteroatoms.